The number of primary amides is 1. The van der Waals surface area contributed by atoms with Gasteiger partial charge in [0.2, 0.25) is 5.91 Å². The number of amides is 1. The van der Waals surface area contributed by atoms with Crippen LogP contribution in [0, 0.1) is 5.41 Å². The third kappa shape index (κ3) is 1.73. The average Bonchev–Trinajstić information content (AvgIpc) is 2.92. The lowest BCUT2D eigenvalue weighted by atomic mass is 9.63. The van der Waals surface area contributed by atoms with Gasteiger partial charge < -0.3 is 10.5 Å². The zero-order valence-corrected chi connectivity index (χ0v) is 14.9. The molecule has 1 aromatic carbocycles. The Kier molecular flexibility index (Phi) is 2.74. The van der Waals surface area contributed by atoms with Gasteiger partial charge in [-0.3, -0.25) is 4.79 Å². The lowest BCUT2D eigenvalue weighted by Gasteiger charge is -2.39. The van der Waals surface area contributed by atoms with E-state index in [2.05, 4.69) is 48.6 Å². The Morgan fingerprint density at radius 2 is 1.96 bits per heavy atom. The maximum absolute atomic E-state index is 11.8. The summed E-state index contributed by atoms with van der Waals surface area (Å²) in [5.41, 5.74) is 10.6. The summed E-state index contributed by atoms with van der Waals surface area (Å²) >= 11 is 0. The molecule has 2 unspecified atom stereocenters. The summed E-state index contributed by atoms with van der Waals surface area (Å²) in [4.78, 5) is 11.8. The van der Waals surface area contributed by atoms with E-state index >= 15 is 0 Å². The Hall–Kier alpha value is -2.91. The van der Waals surface area contributed by atoms with Crippen LogP contribution in [0.15, 0.2) is 66.3 Å². The first-order valence-electron chi connectivity index (χ1n) is 9.42. The third-order valence-electron chi connectivity index (χ3n) is 6.64. The molecule has 2 atom stereocenters. The predicted octanol–water partition coefficient (Wildman–Crippen LogP) is 1.82. The highest BCUT2D eigenvalue weighted by Gasteiger charge is 2.56. The topological polar surface area (TPSA) is 52.3 Å². The largest absolute Gasteiger partial charge is 0.366 e. The summed E-state index contributed by atoms with van der Waals surface area (Å²) in [7, 11) is 0. The van der Waals surface area contributed by atoms with Gasteiger partial charge in [-0.05, 0) is 51.6 Å². The van der Waals surface area contributed by atoms with Crippen molar-refractivity contribution in [3.8, 4) is 0 Å². The second-order valence-corrected chi connectivity index (χ2v) is 7.91. The van der Waals surface area contributed by atoms with Crippen molar-refractivity contribution < 1.29 is 9.53 Å². The molecule has 1 heterocycles. The van der Waals surface area contributed by atoms with Gasteiger partial charge in [-0.1, -0.05) is 60.7 Å². The van der Waals surface area contributed by atoms with Crippen LogP contribution in [0.2, 0.25) is 0 Å². The van der Waals surface area contributed by atoms with Crippen LogP contribution in [-0.4, -0.2) is 18.1 Å². The number of hydrogen-bond acceptors (Lipinski definition) is 2. The number of rotatable bonds is 1. The minimum absolute atomic E-state index is 0.00392. The van der Waals surface area contributed by atoms with Crippen molar-refractivity contribution in [2.45, 2.75) is 18.4 Å². The van der Waals surface area contributed by atoms with Crippen LogP contribution in [0.4, 0.5) is 0 Å². The van der Waals surface area contributed by atoms with Crippen molar-refractivity contribution >= 4 is 23.1 Å². The molecule has 4 aliphatic carbocycles. The van der Waals surface area contributed by atoms with Crippen LogP contribution in [0.5, 0.6) is 0 Å². The normalized spacial score (nSPS) is 31.2. The first kappa shape index (κ1) is 15.2. The van der Waals surface area contributed by atoms with Crippen molar-refractivity contribution in [2.24, 2.45) is 11.1 Å². The van der Waals surface area contributed by atoms with Gasteiger partial charge in [0.25, 0.3) is 0 Å². The highest BCUT2D eigenvalue weighted by atomic mass is 16.5. The highest BCUT2D eigenvalue weighted by Crippen LogP contribution is 2.57. The molecule has 1 spiro atoms. The van der Waals surface area contributed by atoms with Crippen LogP contribution in [0.1, 0.15) is 17.5 Å². The Balaban J connectivity index is 1.70. The first-order valence-corrected chi connectivity index (χ1v) is 9.42. The zero-order chi connectivity index (χ0) is 18.2. The lowest BCUT2D eigenvalue weighted by Crippen LogP contribution is -2.41. The lowest BCUT2D eigenvalue weighted by molar-refractivity contribution is -0.112. The molecule has 0 saturated carbocycles. The molecule has 2 N–H and O–H groups in total. The predicted molar refractivity (Wildman–Crippen MR) is 106 cm³/mol. The van der Waals surface area contributed by atoms with Gasteiger partial charge >= 0.3 is 0 Å². The SMILES string of the molecule is NC(=O)C1=c2ccc3c(c2CC=C1)C=CC12OCC4(C=CC=31)CC=CC=C42. The molecule has 27 heavy (non-hydrogen) atoms. The van der Waals surface area contributed by atoms with Gasteiger partial charge in [0.15, 0.2) is 0 Å². The summed E-state index contributed by atoms with van der Waals surface area (Å²) in [6.07, 6.45) is 21.3. The van der Waals surface area contributed by atoms with Crippen molar-refractivity contribution in [1.82, 2.24) is 0 Å². The van der Waals surface area contributed by atoms with Gasteiger partial charge in [0.05, 0.1) is 6.61 Å². The van der Waals surface area contributed by atoms with E-state index in [9.17, 15) is 4.79 Å². The number of nitrogens with two attached hydrogens (primary N) is 1. The van der Waals surface area contributed by atoms with E-state index in [0.717, 1.165) is 24.7 Å². The molecule has 1 aliphatic heterocycles. The number of allylic oxidation sites excluding steroid dienone is 4. The van der Waals surface area contributed by atoms with Crippen molar-refractivity contribution in [3.05, 3.63) is 87.9 Å². The molecule has 1 saturated heterocycles. The molecule has 1 aromatic rings. The number of ether oxygens (including phenoxy) is 1. The quantitative estimate of drug-likeness (QED) is 0.837. The molecular weight excluding hydrogens is 334 g/mol. The van der Waals surface area contributed by atoms with Crippen LogP contribution < -0.4 is 16.2 Å². The van der Waals surface area contributed by atoms with Gasteiger partial charge in [-0.2, -0.15) is 0 Å². The molecule has 132 valence electrons. The molecule has 1 amide bonds. The second-order valence-electron chi connectivity index (χ2n) is 7.91. The van der Waals surface area contributed by atoms with Gasteiger partial charge in [-0.15, -0.1) is 0 Å². The molecule has 2 bridgehead atoms. The third-order valence-corrected chi connectivity index (χ3v) is 6.64. The van der Waals surface area contributed by atoms with E-state index in [1.165, 1.54) is 27.5 Å². The molecule has 3 heteroatoms. The van der Waals surface area contributed by atoms with E-state index in [4.69, 9.17) is 10.5 Å². The summed E-state index contributed by atoms with van der Waals surface area (Å²) in [6.45, 7) is 0.718. The number of hydrogen-bond donors (Lipinski definition) is 1. The average molecular weight is 353 g/mol. The smallest absolute Gasteiger partial charge is 0.249 e. The second kappa shape index (κ2) is 4.87. The fourth-order valence-corrected chi connectivity index (χ4v) is 5.34. The Morgan fingerprint density at radius 1 is 1.07 bits per heavy atom. The summed E-state index contributed by atoms with van der Waals surface area (Å²) in [5.74, 6) is -0.378. The molecule has 0 aromatic heterocycles. The fraction of sp³-hybridized carbons (Fsp3) is 0.208. The molecule has 6 rings (SSSR count). The molecular formula is C24H19NO2. The highest BCUT2D eigenvalue weighted by molar-refractivity contribution is 6.16. The molecule has 1 fully saturated rings. The van der Waals surface area contributed by atoms with Crippen molar-refractivity contribution in [2.75, 3.05) is 6.61 Å². The van der Waals surface area contributed by atoms with Crippen LogP contribution in [-0.2, 0) is 16.0 Å². The van der Waals surface area contributed by atoms with Crippen molar-refractivity contribution in [1.29, 1.82) is 0 Å². The van der Waals surface area contributed by atoms with Gasteiger partial charge in [0.1, 0.15) is 5.60 Å². The van der Waals surface area contributed by atoms with Gasteiger partial charge in [-0.25, -0.2) is 0 Å². The van der Waals surface area contributed by atoms with Gasteiger partial charge in [0, 0.05) is 11.0 Å². The maximum Gasteiger partial charge on any atom is 0.249 e. The molecule has 5 aliphatic rings. The number of carbonyl (C=O) groups is 1. The molecule has 0 radical (unpaired) electrons. The Morgan fingerprint density at radius 3 is 2.85 bits per heavy atom. The monoisotopic (exact) mass is 353 g/mol. The van der Waals surface area contributed by atoms with E-state index in [-0.39, 0.29) is 11.3 Å². The first-order chi connectivity index (χ1) is 13.1. The Labute approximate surface area is 157 Å². The van der Waals surface area contributed by atoms with Crippen LogP contribution >= 0.6 is 0 Å². The summed E-state index contributed by atoms with van der Waals surface area (Å²) < 4.78 is 6.48. The number of fused-ring (bicyclic) bond motifs is 3. The van der Waals surface area contributed by atoms with Crippen molar-refractivity contribution in [3.63, 3.8) is 0 Å². The van der Waals surface area contributed by atoms with E-state index in [1.807, 2.05) is 18.2 Å². The Bertz CT molecular complexity index is 1210. The van der Waals surface area contributed by atoms with Crippen LogP contribution in [0.25, 0.3) is 17.2 Å². The number of benzene rings is 1. The van der Waals surface area contributed by atoms with E-state index in [0.29, 0.717) is 5.57 Å². The number of carbonyl (C=O) groups excluding carboxylic acids is 1. The fourth-order valence-electron chi connectivity index (χ4n) is 5.34. The minimum Gasteiger partial charge on any atom is -0.366 e. The standard InChI is InChI=1S/C24H19NO2/c25-22(26)19-5-3-4-15-16(19)7-8-18-17(15)9-13-24-20(18)10-12-23(14-27-24)11-2-1-6-21(23)24/h1-3,5-10,12-13H,4,11,14H2,(H2,25,26). The summed E-state index contributed by atoms with van der Waals surface area (Å²) in [6, 6.07) is 4.16. The summed E-state index contributed by atoms with van der Waals surface area (Å²) in [5, 5.41) is 2.14. The maximum atomic E-state index is 11.8. The molecule has 3 nitrogen and oxygen atoms in total. The van der Waals surface area contributed by atoms with Crippen LogP contribution in [0.3, 0.4) is 0 Å². The van der Waals surface area contributed by atoms with E-state index in [1.54, 1.807) is 0 Å². The van der Waals surface area contributed by atoms with E-state index < -0.39 is 5.60 Å². The zero-order valence-electron chi connectivity index (χ0n) is 14.9. The minimum atomic E-state index is -0.457.